The summed E-state index contributed by atoms with van der Waals surface area (Å²) in [7, 11) is 0. The Morgan fingerprint density at radius 1 is 1.05 bits per heavy atom. The first-order valence-corrected chi connectivity index (χ1v) is 7.07. The molecule has 0 saturated carbocycles. The van der Waals surface area contributed by atoms with E-state index in [0.29, 0.717) is 6.04 Å². The number of benzene rings is 2. The van der Waals surface area contributed by atoms with Crippen LogP contribution in [0.1, 0.15) is 17.2 Å². The third-order valence-corrected chi connectivity index (χ3v) is 3.84. The van der Waals surface area contributed by atoms with Crippen molar-refractivity contribution in [3.8, 4) is 0 Å². The second-order valence-electron chi connectivity index (χ2n) is 5.23. The summed E-state index contributed by atoms with van der Waals surface area (Å²) >= 11 is 0. The number of nitrogens with zero attached hydrogens (tertiary/aromatic N) is 1. The van der Waals surface area contributed by atoms with Crippen molar-refractivity contribution >= 4 is 0 Å². The van der Waals surface area contributed by atoms with Crippen LogP contribution in [0.5, 0.6) is 0 Å². The van der Waals surface area contributed by atoms with E-state index in [0.717, 1.165) is 26.2 Å². The van der Waals surface area contributed by atoms with E-state index in [-0.39, 0.29) is 5.82 Å². The van der Waals surface area contributed by atoms with Crippen molar-refractivity contribution in [1.29, 1.82) is 0 Å². The Balaban J connectivity index is 1.78. The maximum Gasteiger partial charge on any atom is 0.123 e. The summed E-state index contributed by atoms with van der Waals surface area (Å²) in [5.41, 5.74) is 2.50. The van der Waals surface area contributed by atoms with Crippen LogP contribution < -0.4 is 5.32 Å². The number of rotatable bonds is 3. The molecule has 0 aromatic heterocycles. The maximum atomic E-state index is 13.1. The Morgan fingerprint density at radius 2 is 1.80 bits per heavy atom. The molecule has 3 heteroatoms. The Morgan fingerprint density at radius 3 is 2.55 bits per heavy atom. The zero-order valence-corrected chi connectivity index (χ0v) is 11.4. The molecule has 3 rings (SSSR count). The summed E-state index contributed by atoms with van der Waals surface area (Å²) < 4.78 is 13.1. The van der Waals surface area contributed by atoms with Crippen LogP contribution in [0.25, 0.3) is 0 Å². The highest BCUT2D eigenvalue weighted by molar-refractivity contribution is 5.22. The molecule has 2 aromatic carbocycles. The van der Waals surface area contributed by atoms with E-state index in [4.69, 9.17) is 0 Å². The maximum absolute atomic E-state index is 13.1. The van der Waals surface area contributed by atoms with Crippen molar-refractivity contribution in [2.45, 2.75) is 12.6 Å². The first-order valence-electron chi connectivity index (χ1n) is 7.07. The van der Waals surface area contributed by atoms with E-state index in [1.54, 1.807) is 12.1 Å². The molecule has 0 radical (unpaired) electrons. The number of hydrogen-bond acceptors (Lipinski definition) is 2. The minimum Gasteiger partial charge on any atom is -0.314 e. The Labute approximate surface area is 119 Å². The van der Waals surface area contributed by atoms with Crippen LogP contribution in [-0.2, 0) is 6.54 Å². The molecule has 0 spiro atoms. The smallest absolute Gasteiger partial charge is 0.123 e. The Bertz CT molecular complexity index is 539. The monoisotopic (exact) mass is 270 g/mol. The fourth-order valence-electron chi connectivity index (χ4n) is 2.77. The third kappa shape index (κ3) is 3.06. The van der Waals surface area contributed by atoms with Crippen molar-refractivity contribution < 1.29 is 4.39 Å². The molecular formula is C17H19FN2. The Hall–Kier alpha value is -1.71. The lowest BCUT2D eigenvalue weighted by molar-refractivity contribution is 0.153. The normalized spacial score (nSPS) is 19.9. The van der Waals surface area contributed by atoms with Crippen LogP contribution in [0.3, 0.4) is 0 Å². The molecular weight excluding hydrogens is 251 g/mol. The van der Waals surface area contributed by atoms with Gasteiger partial charge in [-0.25, -0.2) is 4.39 Å². The summed E-state index contributed by atoms with van der Waals surface area (Å²) in [6.07, 6.45) is 0. The molecule has 0 amide bonds. The van der Waals surface area contributed by atoms with Gasteiger partial charge in [0.2, 0.25) is 0 Å². The third-order valence-electron chi connectivity index (χ3n) is 3.84. The zero-order chi connectivity index (χ0) is 13.8. The lowest BCUT2D eigenvalue weighted by Crippen LogP contribution is -2.45. The summed E-state index contributed by atoms with van der Waals surface area (Å²) in [6, 6.07) is 17.7. The van der Waals surface area contributed by atoms with Gasteiger partial charge in [-0.2, -0.15) is 0 Å². The lowest BCUT2D eigenvalue weighted by Gasteiger charge is -2.36. The number of piperazine rings is 1. The predicted octanol–water partition coefficient (Wildman–Crippen LogP) is 2.97. The van der Waals surface area contributed by atoms with Crippen LogP contribution in [0, 0.1) is 5.82 Å². The molecule has 104 valence electrons. The standard InChI is InChI=1S/C17H19FN2/c18-16-8-6-15(7-9-16)17-12-19-10-11-20(17)13-14-4-2-1-3-5-14/h1-9,17,19H,10-13H2. The van der Waals surface area contributed by atoms with Gasteiger partial charge < -0.3 is 5.32 Å². The van der Waals surface area contributed by atoms with Gasteiger partial charge in [0, 0.05) is 32.2 Å². The topological polar surface area (TPSA) is 15.3 Å². The van der Waals surface area contributed by atoms with E-state index < -0.39 is 0 Å². The summed E-state index contributed by atoms with van der Waals surface area (Å²) in [5, 5.41) is 3.43. The highest BCUT2D eigenvalue weighted by Crippen LogP contribution is 2.24. The van der Waals surface area contributed by atoms with Gasteiger partial charge in [0.25, 0.3) is 0 Å². The highest BCUT2D eigenvalue weighted by Gasteiger charge is 2.23. The van der Waals surface area contributed by atoms with Crippen molar-refractivity contribution in [2.75, 3.05) is 19.6 Å². The van der Waals surface area contributed by atoms with Gasteiger partial charge in [0.1, 0.15) is 5.82 Å². The first kappa shape index (κ1) is 13.3. The average Bonchev–Trinajstić information content (AvgIpc) is 2.50. The molecule has 1 unspecified atom stereocenters. The highest BCUT2D eigenvalue weighted by atomic mass is 19.1. The molecule has 1 aliphatic heterocycles. The molecule has 1 atom stereocenters. The zero-order valence-electron chi connectivity index (χ0n) is 11.4. The molecule has 1 fully saturated rings. The largest absolute Gasteiger partial charge is 0.314 e. The Kier molecular flexibility index (Phi) is 4.09. The van der Waals surface area contributed by atoms with Gasteiger partial charge in [0.05, 0.1) is 0 Å². The van der Waals surface area contributed by atoms with Crippen molar-refractivity contribution in [3.05, 3.63) is 71.5 Å². The summed E-state index contributed by atoms with van der Waals surface area (Å²) in [4.78, 5) is 2.46. The van der Waals surface area contributed by atoms with E-state index in [2.05, 4.69) is 34.5 Å². The van der Waals surface area contributed by atoms with Crippen LogP contribution in [0.15, 0.2) is 54.6 Å². The van der Waals surface area contributed by atoms with Gasteiger partial charge >= 0.3 is 0 Å². The number of nitrogens with one attached hydrogen (secondary N) is 1. The summed E-state index contributed by atoms with van der Waals surface area (Å²) in [5.74, 6) is -0.174. The minimum absolute atomic E-state index is 0.174. The van der Waals surface area contributed by atoms with E-state index in [1.807, 2.05) is 18.2 Å². The van der Waals surface area contributed by atoms with Gasteiger partial charge in [-0.05, 0) is 23.3 Å². The molecule has 0 aliphatic carbocycles. The average molecular weight is 270 g/mol. The molecule has 2 nitrogen and oxygen atoms in total. The second kappa shape index (κ2) is 6.16. The van der Waals surface area contributed by atoms with E-state index in [1.165, 1.54) is 11.1 Å². The molecule has 2 aromatic rings. The molecule has 1 saturated heterocycles. The molecule has 0 bridgehead atoms. The molecule has 1 heterocycles. The quantitative estimate of drug-likeness (QED) is 0.922. The molecule has 20 heavy (non-hydrogen) atoms. The van der Waals surface area contributed by atoms with Gasteiger partial charge in [0.15, 0.2) is 0 Å². The predicted molar refractivity (Wildman–Crippen MR) is 78.9 cm³/mol. The van der Waals surface area contributed by atoms with Crippen molar-refractivity contribution in [3.63, 3.8) is 0 Å². The van der Waals surface area contributed by atoms with Crippen LogP contribution in [0.2, 0.25) is 0 Å². The fraction of sp³-hybridized carbons (Fsp3) is 0.294. The fourth-order valence-corrected chi connectivity index (χ4v) is 2.77. The number of hydrogen-bond donors (Lipinski definition) is 1. The molecule has 1 aliphatic rings. The van der Waals surface area contributed by atoms with Crippen LogP contribution in [0.4, 0.5) is 4.39 Å². The lowest BCUT2D eigenvalue weighted by atomic mass is 10.0. The molecule has 1 N–H and O–H groups in total. The SMILES string of the molecule is Fc1ccc(C2CNCCN2Cc2ccccc2)cc1. The first-order chi connectivity index (χ1) is 9.83. The van der Waals surface area contributed by atoms with Crippen LogP contribution >= 0.6 is 0 Å². The second-order valence-corrected chi connectivity index (χ2v) is 5.23. The minimum atomic E-state index is -0.174. The van der Waals surface area contributed by atoms with E-state index >= 15 is 0 Å². The van der Waals surface area contributed by atoms with Crippen LogP contribution in [-0.4, -0.2) is 24.5 Å². The van der Waals surface area contributed by atoms with Gasteiger partial charge in [-0.15, -0.1) is 0 Å². The summed E-state index contributed by atoms with van der Waals surface area (Å²) in [6.45, 7) is 3.87. The van der Waals surface area contributed by atoms with Gasteiger partial charge in [-0.1, -0.05) is 42.5 Å². The number of halogens is 1. The van der Waals surface area contributed by atoms with Crippen molar-refractivity contribution in [2.24, 2.45) is 0 Å². The van der Waals surface area contributed by atoms with Crippen molar-refractivity contribution in [1.82, 2.24) is 10.2 Å². The van der Waals surface area contributed by atoms with E-state index in [9.17, 15) is 4.39 Å². The van der Waals surface area contributed by atoms with Gasteiger partial charge in [-0.3, -0.25) is 4.90 Å².